The van der Waals surface area contributed by atoms with Crippen LogP contribution in [0.1, 0.15) is 18.2 Å². The van der Waals surface area contributed by atoms with Crippen LogP contribution in [0, 0.1) is 6.92 Å². The smallest absolute Gasteiger partial charge is 0.249 e. The summed E-state index contributed by atoms with van der Waals surface area (Å²) in [6, 6.07) is 7.71. The highest BCUT2D eigenvalue weighted by Gasteiger charge is 2.20. The van der Waals surface area contributed by atoms with Gasteiger partial charge in [-0.15, -0.1) is 11.3 Å². The van der Waals surface area contributed by atoms with E-state index in [1.54, 1.807) is 12.3 Å². The third kappa shape index (κ3) is 4.64. The number of oxime groups is 1. The van der Waals surface area contributed by atoms with Crippen molar-refractivity contribution < 1.29 is 9.63 Å². The number of hydrogen-bond donors (Lipinski definition) is 1. The highest BCUT2D eigenvalue weighted by molar-refractivity contribution is 8.27. The van der Waals surface area contributed by atoms with Gasteiger partial charge in [-0.1, -0.05) is 23.4 Å². The summed E-state index contributed by atoms with van der Waals surface area (Å²) in [6.07, 6.45) is 0. The molecule has 0 atom stereocenters. The molecule has 0 bridgehead atoms. The summed E-state index contributed by atoms with van der Waals surface area (Å²) in [7, 11) is 1.38. The molecule has 6 nitrogen and oxygen atoms in total. The van der Waals surface area contributed by atoms with Gasteiger partial charge in [0.25, 0.3) is 0 Å². The Labute approximate surface area is 142 Å². The van der Waals surface area contributed by atoms with Crippen LogP contribution in [0.5, 0.6) is 0 Å². The monoisotopic (exact) mass is 348 g/mol. The Hall–Kier alpha value is -2.19. The van der Waals surface area contributed by atoms with Crippen molar-refractivity contribution in [3.63, 3.8) is 0 Å². The van der Waals surface area contributed by atoms with E-state index >= 15 is 0 Å². The van der Waals surface area contributed by atoms with Crippen LogP contribution in [0.15, 0.2) is 39.8 Å². The zero-order valence-corrected chi connectivity index (χ0v) is 14.6. The van der Waals surface area contributed by atoms with Crippen molar-refractivity contribution >= 4 is 49.8 Å². The second-order valence-electron chi connectivity index (χ2n) is 4.50. The van der Waals surface area contributed by atoms with E-state index in [0.29, 0.717) is 15.9 Å². The lowest BCUT2D eigenvalue weighted by molar-refractivity contribution is -0.105. The Morgan fingerprint density at radius 2 is 2.13 bits per heavy atom. The number of benzene rings is 1. The zero-order chi connectivity index (χ0) is 16.8. The first-order valence-electron chi connectivity index (χ1n) is 6.67. The van der Waals surface area contributed by atoms with Crippen molar-refractivity contribution in [1.29, 1.82) is 0 Å². The average Bonchev–Trinajstić information content (AvgIpc) is 2.93. The maximum Gasteiger partial charge on any atom is 0.249 e. The van der Waals surface area contributed by atoms with Gasteiger partial charge in [-0.25, -0.2) is 9.98 Å². The third-order valence-corrected chi connectivity index (χ3v) is 4.21. The SMILES string of the molecule is CO/N=C(\C(=O)SC(C)=Nc1ccccc1C)c1csc(N)n1. The molecule has 1 heterocycles. The summed E-state index contributed by atoms with van der Waals surface area (Å²) in [5, 5.41) is 6.11. The quantitative estimate of drug-likeness (QED) is 0.519. The van der Waals surface area contributed by atoms with Gasteiger partial charge in [0.05, 0.1) is 10.7 Å². The van der Waals surface area contributed by atoms with Gasteiger partial charge in [-0.2, -0.15) is 0 Å². The lowest BCUT2D eigenvalue weighted by Gasteiger charge is -2.03. The van der Waals surface area contributed by atoms with Gasteiger partial charge < -0.3 is 10.6 Å². The lowest BCUT2D eigenvalue weighted by Crippen LogP contribution is -2.14. The second kappa shape index (κ2) is 7.89. The molecule has 0 fully saturated rings. The van der Waals surface area contributed by atoms with Gasteiger partial charge in [0.1, 0.15) is 12.8 Å². The van der Waals surface area contributed by atoms with Crippen molar-refractivity contribution in [2.45, 2.75) is 13.8 Å². The number of nitrogen functional groups attached to an aromatic ring is 1. The number of aliphatic imine (C=N–C) groups is 1. The predicted octanol–water partition coefficient (Wildman–Crippen LogP) is 3.39. The summed E-state index contributed by atoms with van der Waals surface area (Å²) < 4.78 is 0. The molecule has 0 aliphatic carbocycles. The lowest BCUT2D eigenvalue weighted by atomic mass is 10.2. The standard InChI is InChI=1S/C15H16N4O2S2/c1-9-6-4-5-7-11(9)17-10(2)23-14(20)13(19-21-3)12-8-22-15(16)18-12/h4-8H,1-3H3,(H2,16,18)/b17-10?,19-13-. The van der Waals surface area contributed by atoms with E-state index in [-0.39, 0.29) is 10.8 Å². The summed E-state index contributed by atoms with van der Waals surface area (Å²) in [4.78, 5) is 25.7. The van der Waals surface area contributed by atoms with Crippen molar-refractivity contribution in [3.8, 4) is 0 Å². The number of nitrogens with zero attached hydrogens (tertiary/aromatic N) is 3. The molecule has 2 N–H and O–H groups in total. The fourth-order valence-electron chi connectivity index (χ4n) is 1.74. The molecule has 1 aromatic carbocycles. The van der Waals surface area contributed by atoms with Gasteiger partial charge in [-0.05, 0) is 37.2 Å². The number of nitrogens with two attached hydrogens (primary N) is 1. The summed E-state index contributed by atoms with van der Waals surface area (Å²) >= 11 is 2.22. The first kappa shape index (κ1) is 17.2. The molecule has 0 radical (unpaired) electrons. The number of rotatable bonds is 4. The van der Waals surface area contributed by atoms with Crippen molar-refractivity contribution in [3.05, 3.63) is 40.9 Å². The normalized spacial score (nSPS) is 12.3. The van der Waals surface area contributed by atoms with Gasteiger partial charge >= 0.3 is 0 Å². The van der Waals surface area contributed by atoms with Crippen molar-refractivity contribution in [2.75, 3.05) is 12.8 Å². The Kier molecular flexibility index (Phi) is 5.89. The minimum absolute atomic E-state index is 0.116. The average molecular weight is 348 g/mol. The van der Waals surface area contributed by atoms with Gasteiger partial charge in [-0.3, -0.25) is 4.79 Å². The fraction of sp³-hybridized carbons (Fsp3) is 0.200. The van der Waals surface area contributed by atoms with Crippen molar-refractivity contribution in [1.82, 2.24) is 4.98 Å². The molecule has 0 saturated heterocycles. The number of carbonyl (C=O) groups excluding carboxylic acids is 1. The van der Waals surface area contributed by atoms with Crippen LogP contribution in [-0.2, 0) is 9.63 Å². The first-order chi connectivity index (χ1) is 11.0. The molecule has 8 heteroatoms. The van der Waals surface area contributed by atoms with Crippen molar-refractivity contribution in [2.24, 2.45) is 10.1 Å². The minimum atomic E-state index is -0.299. The van der Waals surface area contributed by atoms with E-state index in [1.165, 1.54) is 18.4 Å². The number of aromatic nitrogens is 1. The van der Waals surface area contributed by atoms with Gasteiger partial charge in [0, 0.05) is 5.38 Å². The summed E-state index contributed by atoms with van der Waals surface area (Å²) in [5.41, 5.74) is 7.98. The van der Waals surface area contributed by atoms with Crippen LogP contribution in [0.3, 0.4) is 0 Å². The Bertz CT molecular complexity index is 768. The topological polar surface area (TPSA) is 89.9 Å². The molecule has 0 aliphatic rings. The number of carbonyl (C=O) groups is 1. The number of aryl methyl sites for hydroxylation is 1. The van der Waals surface area contributed by atoms with Crippen LogP contribution < -0.4 is 5.73 Å². The molecule has 2 rings (SSSR count). The number of para-hydroxylation sites is 1. The van der Waals surface area contributed by atoms with E-state index in [2.05, 4.69) is 15.1 Å². The summed E-state index contributed by atoms with van der Waals surface area (Å²) in [6.45, 7) is 3.74. The van der Waals surface area contributed by atoms with E-state index in [9.17, 15) is 4.79 Å². The zero-order valence-electron chi connectivity index (χ0n) is 12.9. The largest absolute Gasteiger partial charge is 0.398 e. The molecular weight excluding hydrogens is 332 g/mol. The van der Waals surface area contributed by atoms with E-state index in [0.717, 1.165) is 23.0 Å². The van der Waals surface area contributed by atoms with Crippen LogP contribution in [0.4, 0.5) is 10.8 Å². The number of thioether (sulfide) groups is 1. The molecule has 0 spiro atoms. The maximum atomic E-state index is 12.4. The van der Waals surface area contributed by atoms with Crippen LogP contribution in [0.2, 0.25) is 0 Å². The van der Waals surface area contributed by atoms with Gasteiger partial charge in [0.2, 0.25) is 5.12 Å². The van der Waals surface area contributed by atoms with Crippen LogP contribution >= 0.6 is 23.1 Å². The molecule has 120 valence electrons. The van der Waals surface area contributed by atoms with Crippen LogP contribution in [0.25, 0.3) is 0 Å². The molecule has 0 saturated carbocycles. The highest BCUT2D eigenvalue weighted by atomic mass is 32.2. The molecular formula is C15H16N4O2S2. The number of anilines is 1. The third-order valence-electron chi connectivity index (χ3n) is 2.77. The molecule has 2 aromatic rings. The predicted molar refractivity (Wildman–Crippen MR) is 96.6 cm³/mol. The molecule has 23 heavy (non-hydrogen) atoms. The van der Waals surface area contributed by atoms with E-state index in [4.69, 9.17) is 10.6 Å². The molecule has 1 aromatic heterocycles. The first-order valence-corrected chi connectivity index (χ1v) is 8.36. The van der Waals surface area contributed by atoms with E-state index < -0.39 is 0 Å². The number of hydrogen-bond acceptors (Lipinski definition) is 8. The fourth-order valence-corrected chi connectivity index (χ4v) is 2.94. The Morgan fingerprint density at radius 3 is 2.74 bits per heavy atom. The van der Waals surface area contributed by atoms with Crippen LogP contribution in [-0.4, -0.2) is 28.0 Å². The maximum absolute atomic E-state index is 12.4. The van der Waals surface area contributed by atoms with E-state index in [1.807, 2.05) is 31.2 Å². The second-order valence-corrected chi connectivity index (χ2v) is 6.56. The minimum Gasteiger partial charge on any atom is -0.398 e. The molecule has 0 unspecified atom stereocenters. The molecule has 0 aliphatic heterocycles. The Balaban J connectivity index is 2.19. The highest BCUT2D eigenvalue weighted by Crippen LogP contribution is 2.21. The van der Waals surface area contributed by atoms with Gasteiger partial charge in [0.15, 0.2) is 10.8 Å². The molecule has 0 amide bonds. The Morgan fingerprint density at radius 1 is 1.39 bits per heavy atom. The number of thiazole rings is 1. The summed E-state index contributed by atoms with van der Waals surface area (Å²) in [5.74, 6) is 0.